The van der Waals surface area contributed by atoms with E-state index in [0.717, 1.165) is 23.5 Å². The number of hydrogen-bond donors (Lipinski definition) is 2. The highest BCUT2D eigenvalue weighted by Gasteiger charge is 2.38. The molecule has 0 spiro atoms. The van der Waals surface area contributed by atoms with Crippen LogP contribution in [-0.4, -0.2) is 41.7 Å². The van der Waals surface area contributed by atoms with Crippen LogP contribution in [0.25, 0.3) is 0 Å². The zero-order valence-electron chi connectivity index (χ0n) is 12.3. The minimum Gasteiger partial charge on any atom is -0.382 e. The maximum atomic E-state index is 11.5. The number of hydrogen-bond acceptors (Lipinski definition) is 4. The van der Waals surface area contributed by atoms with Crippen molar-refractivity contribution >= 4 is 29.0 Å². The molecule has 1 amide bonds. The van der Waals surface area contributed by atoms with Crippen LogP contribution in [-0.2, 0) is 4.79 Å². The topological polar surface area (TPSA) is 44.4 Å². The molecule has 2 unspecified atom stereocenters. The van der Waals surface area contributed by atoms with Crippen molar-refractivity contribution in [1.82, 2.24) is 4.90 Å². The van der Waals surface area contributed by atoms with Crippen molar-refractivity contribution in [3.63, 3.8) is 0 Å². The van der Waals surface area contributed by atoms with E-state index in [2.05, 4.69) is 40.8 Å². The van der Waals surface area contributed by atoms with Gasteiger partial charge in [0.1, 0.15) is 0 Å². The number of piperidine rings is 1. The van der Waals surface area contributed by atoms with Crippen molar-refractivity contribution in [3.05, 3.63) is 18.2 Å². The molecule has 3 aliphatic rings. The summed E-state index contributed by atoms with van der Waals surface area (Å²) < 4.78 is 0. The summed E-state index contributed by atoms with van der Waals surface area (Å²) in [6, 6.07) is 8.39. The zero-order valence-corrected chi connectivity index (χ0v) is 13.1. The molecular weight excluding hydrogens is 282 g/mol. The molecule has 4 rings (SSSR count). The van der Waals surface area contributed by atoms with Crippen LogP contribution in [0.5, 0.6) is 0 Å². The van der Waals surface area contributed by atoms with Crippen LogP contribution in [0.2, 0.25) is 0 Å². The highest BCUT2D eigenvalue weighted by Crippen LogP contribution is 2.37. The maximum absolute atomic E-state index is 11.5. The molecule has 0 aromatic heterocycles. The normalized spacial score (nSPS) is 31.7. The molecular formula is C16H21N3OS. The van der Waals surface area contributed by atoms with Crippen LogP contribution in [0.4, 0.5) is 11.4 Å². The van der Waals surface area contributed by atoms with Crippen LogP contribution in [0.1, 0.15) is 25.7 Å². The Kier molecular flexibility index (Phi) is 3.34. The molecule has 0 saturated carbocycles. The molecule has 2 saturated heterocycles. The molecule has 1 aromatic rings. The molecule has 2 atom stereocenters. The fourth-order valence-electron chi connectivity index (χ4n) is 3.94. The Morgan fingerprint density at radius 1 is 1.29 bits per heavy atom. The van der Waals surface area contributed by atoms with Gasteiger partial charge >= 0.3 is 0 Å². The van der Waals surface area contributed by atoms with Gasteiger partial charge in [0.25, 0.3) is 0 Å². The van der Waals surface area contributed by atoms with Gasteiger partial charge in [0, 0.05) is 28.7 Å². The van der Waals surface area contributed by atoms with E-state index in [9.17, 15) is 4.79 Å². The van der Waals surface area contributed by atoms with Gasteiger partial charge in [-0.25, -0.2) is 0 Å². The van der Waals surface area contributed by atoms with Crippen molar-refractivity contribution in [1.29, 1.82) is 0 Å². The number of thioether (sulfide) groups is 1. The first-order chi connectivity index (χ1) is 10.2. The Hall–Kier alpha value is -1.20. The van der Waals surface area contributed by atoms with Gasteiger partial charge in [0.2, 0.25) is 5.91 Å². The largest absolute Gasteiger partial charge is 0.382 e. The molecule has 2 fully saturated rings. The van der Waals surface area contributed by atoms with E-state index in [1.165, 1.54) is 30.6 Å². The quantitative estimate of drug-likeness (QED) is 0.882. The molecule has 3 aliphatic heterocycles. The highest BCUT2D eigenvalue weighted by atomic mass is 32.2. The molecule has 0 radical (unpaired) electrons. The van der Waals surface area contributed by atoms with Crippen molar-refractivity contribution in [2.75, 3.05) is 23.4 Å². The van der Waals surface area contributed by atoms with Gasteiger partial charge in [-0.1, -0.05) is 0 Å². The van der Waals surface area contributed by atoms with Crippen LogP contribution in [0, 0.1) is 0 Å². The second-order valence-electron chi connectivity index (χ2n) is 6.41. The lowest BCUT2D eigenvalue weighted by atomic mass is 9.97. The SMILES string of the molecule is CN1C2CCC1CC(Nc1ccc3c(c1)NC(=O)CS3)C2. The second-order valence-corrected chi connectivity index (χ2v) is 7.43. The maximum Gasteiger partial charge on any atom is 0.234 e. The first-order valence-electron chi connectivity index (χ1n) is 7.74. The molecule has 0 aliphatic carbocycles. The van der Waals surface area contributed by atoms with E-state index in [4.69, 9.17) is 0 Å². The number of amides is 1. The summed E-state index contributed by atoms with van der Waals surface area (Å²) in [6.07, 6.45) is 5.14. The number of benzene rings is 1. The second kappa shape index (κ2) is 5.21. The van der Waals surface area contributed by atoms with Gasteiger partial charge in [-0.2, -0.15) is 0 Å². The number of carbonyl (C=O) groups is 1. The summed E-state index contributed by atoms with van der Waals surface area (Å²) >= 11 is 1.62. The van der Waals surface area contributed by atoms with Crippen LogP contribution in [0.15, 0.2) is 23.1 Å². The first-order valence-corrected chi connectivity index (χ1v) is 8.73. The summed E-state index contributed by atoms with van der Waals surface area (Å²) in [5.74, 6) is 0.625. The first kappa shape index (κ1) is 13.5. The van der Waals surface area contributed by atoms with Crippen LogP contribution in [0.3, 0.4) is 0 Å². The predicted octanol–water partition coefficient (Wildman–Crippen LogP) is 2.77. The zero-order chi connectivity index (χ0) is 14.4. The molecule has 1 aromatic carbocycles. The number of fused-ring (bicyclic) bond motifs is 3. The van der Waals surface area contributed by atoms with E-state index in [0.29, 0.717) is 11.8 Å². The Morgan fingerprint density at radius 3 is 2.81 bits per heavy atom. The summed E-state index contributed by atoms with van der Waals surface area (Å²) in [7, 11) is 2.27. The number of nitrogens with zero attached hydrogens (tertiary/aromatic N) is 1. The molecule has 3 heterocycles. The third-order valence-corrected chi connectivity index (χ3v) is 6.15. The van der Waals surface area contributed by atoms with Gasteiger partial charge in [0.15, 0.2) is 0 Å². The van der Waals surface area contributed by atoms with E-state index in [1.807, 2.05) is 0 Å². The van der Waals surface area contributed by atoms with E-state index in [-0.39, 0.29) is 5.91 Å². The fraction of sp³-hybridized carbons (Fsp3) is 0.562. The minimum absolute atomic E-state index is 0.0991. The van der Waals surface area contributed by atoms with Gasteiger partial charge in [-0.3, -0.25) is 4.79 Å². The number of rotatable bonds is 2. The fourth-order valence-corrected chi connectivity index (χ4v) is 4.73. The number of carbonyl (C=O) groups excluding carboxylic acids is 1. The lowest BCUT2D eigenvalue weighted by molar-refractivity contribution is -0.113. The summed E-state index contributed by atoms with van der Waals surface area (Å²) in [5.41, 5.74) is 2.09. The van der Waals surface area contributed by atoms with Crippen LogP contribution >= 0.6 is 11.8 Å². The van der Waals surface area contributed by atoms with Gasteiger partial charge in [-0.05, 0) is 50.9 Å². The molecule has 2 N–H and O–H groups in total. The molecule has 112 valence electrons. The predicted molar refractivity (Wildman–Crippen MR) is 87.0 cm³/mol. The average Bonchev–Trinajstić information content (AvgIpc) is 2.70. The van der Waals surface area contributed by atoms with Gasteiger partial charge in [-0.15, -0.1) is 11.8 Å². The highest BCUT2D eigenvalue weighted by molar-refractivity contribution is 8.00. The molecule has 4 nitrogen and oxygen atoms in total. The Balaban J connectivity index is 1.48. The summed E-state index contributed by atoms with van der Waals surface area (Å²) in [4.78, 5) is 15.2. The third kappa shape index (κ3) is 2.53. The van der Waals surface area contributed by atoms with Gasteiger partial charge in [0.05, 0.1) is 11.4 Å². The number of anilines is 2. The van der Waals surface area contributed by atoms with E-state index in [1.54, 1.807) is 11.8 Å². The van der Waals surface area contributed by atoms with Crippen molar-refractivity contribution < 1.29 is 4.79 Å². The van der Waals surface area contributed by atoms with E-state index >= 15 is 0 Å². The molecule has 5 heteroatoms. The summed E-state index contributed by atoms with van der Waals surface area (Å²) in [6.45, 7) is 0. The van der Waals surface area contributed by atoms with Crippen molar-refractivity contribution in [2.45, 2.75) is 48.7 Å². The van der Waals surface area contributed by atoms with Crippen LogP contribution < -0.4 is 10.6 Å². The van der Waals surface area contributed by atoms with Crippen molar-refractivity contribution in [3.8, 4) is 0 Å². The average molecular weight is 303 g/mol. The van der Waals surface area contributed by atoms with Gasteiger partial charge < -0.3 is 15.5 Å². The Labute approximate surface area is 129 Å². The van der Waals surface area contributed by atoms with Crippen molar-refractivity contribution in [2.24, 2.45) is 0 Å². The lowest BCUT2D eigenvalue weighted by Gasteiger charge is -2.37. The standard InChI is InChI=1S/C16H21N3OS/c1-19-12-3-4-13(19)7-11(6-12)17-10-2-5-15-14(8-10)18-16(20)9-21-15/h2,5,8,11-13,17H,3-4,6-7,9H2,1H3,(H,18,20). The smallest absolute Gasteiger partial charge is 0.234 e. The summed E-state index contributed by atoms with van der Waals surface area (Å²) in [5, 5.41) is 6.65. The third-order valence-electron chi connectivity index (χ3n) is 5.08. The van der Waals surface area contributed by atoms with E-state index < -0.39 is 0 Å². The Morgan fingerprint density at radius 2 is 2.05 bits per heavy atom. The number of nitrogens with one attached hydrogen (secondary N) is 2. The lowest BCUT2D eigenvalue weighted by Crippen LogP contribution is -2.44. The monoisotopic (exact) mass is 303 g/mol. The molecule has 2 bridgehead atoms. The molecule has 21 heavy (non-hydrogen) atoms. The Bertz CT molecular complexity index is 563. The minimum atomic E-state index is 0.0991.